The number of pyridine rings is 2. The lowest BCUT2D eigenvalue weighted by Gasteiger charge is -2.06. The van der Waals surface area contributed by atoms with Crippen molar-refractivity contribution in [3.63, 3.8) is 0 Å². The summed E-state index contributed by atoms with van der Waals surface area (Å²) in [5, 5.41) is 0. The topological polar surface area (TPSA) is 130 Å². The molecule has 0 saturated carbocycles. The Bertz CT molecular complexity index is 487. The summed E-state index contributed by atoms with van der Waals surface area (Å²) in [4.78, 5) is 7.92. The van der Waals surface area contributed by atoms with Crippen molar-refractivity contribution < 1.29 is 0 Å². The van der Waals surface area contributed by atoms with Crippen LogP contribution in [0.4, 0.5) is 23.0 Å². The average molecular weight is 216 g/mol. The molecule has 6 heteroatoms. The Labute approximate surface area is 92.3 Å². The Balaban J connectivity index is 2.50. The molecule has 2 aromatic rings. The number of nitrogens with zero attached hydrogens (tertiary/aromatic N) is 2. The van der Waals surface area contributed by atoms with Gasteiger partial charge in [0, 0.05) is 23.5 Å². The zero-order valence-corrected chi connectivity index (χ0v) is 8.51. The second-order valence-corrected chi connectivity index (χ2v) is 3.40. The van der Waals surface area contributed by atoms with Crippen LogP contribution in [0.5, 0.6) is 0 Å². The maximum atomic E-state index is 5.66. The van der Waals surface area contributed by atoms with Crippen molar-refractivity contribution in [3.8, 4) is 11.1 Å². The van der Waals surface area contributed by atoms with E-state index >= 15 is 0 Å². The molecule has 0 radical (unpaired) electrons. The zero-order valence-electron chi connectivity index (χ0n) is 8.51. The quantitative estimate of drug-likeness (QED) is 0.548. The Morgan fingerprint density at radius 3 is 1.38 bits per heavy atom. The molecule has 16 heavy (non-hydrogen) atoms. The molecule has 2 rings (SSSR count). The van der Waals surface area contributed by atoms with Crippen LogP contribution in [0.3, 0.4) is 0 Å². The number of hydrogen-bond donors (Lipinski definition) is 4. The van der Waals surface area contributed by atoms with Gasteiger partial charge in [0.1, 0.15) is 11.6 Å². The first-order chi connectivity index (χ1) is 7.58. The third kappa shape index (κ3) is 1.68. The summed E-state index contributed by atoms with van der Waals surface area (Å²) in [5.41, 5.74) is 24.8. The van der Waals surface area contributed by atoms with E-state index in [-0.39, 0.29) is 0 Å². The van der Waals surface area contributed by atoms with Gasteiger partial charge in [-0.25, -0.2) is 9.97 Å². The molecule has 0 aliphatic carbocycles. The minimum atomic E-state index is 0.306. The summed E-state index contributed by atoms with van der Waals surface area (Å²) >= 11 is 0. The van der Waals surface area contributed by atoms with Crippen LogP contribution in [0.2, 0.25) is 0 Å². The number of nitrogen functional groups attached to an aromatic ring is 4. The molecule has 6 nitrogen and oxygen atoms in total. The highest BCUT2D eigenvalue weighted by molar-refractivity contribution is 5.74. The van der Waals surface area contributed by atoms with Gasteiger partial charge in [-0.1, -0.05) is 0 Å². The average Bonchev–Trinajstić information content (AvgIpc) is 2.26. The Morgan fingerprint density at radius 2 is 1.06 bits per heavy atom. The normalized spacial score (nSPS) is 10.2. The molecule has 0 amide bonds. The fourth-order valence-corrected chi connectivity index (χ4v) is 1.30. The molecule has 2 heterocycles. The van der Waals surface area contributed by atoms with Crippen LogP contribution in [0, 0.1) is 0 Å². The monoisotopic (exact) mass is 216 g/mol. The number of nitrogens with two attached hydrogens (primary N) is 4. The van der Waals surface area contributed by atoms with Gasteiger partial charge in [0.15, 0.2) is 0 Å². The van der Waals surface area contributed by atoms with Crippen LogP contribution in [-0.4, -0.2) is 9.97 Å². The molecule has 0 aliphatic heterocycles. The van der Waals surface area contributed by atoms with Crippen LogP contribution in [0.25, 0.3) is 11.1 Å². The molecule has 0 atom stereocenters. The van der Waals surface area contributed by atoms with Crippen LogP contribution < -0.4 is 22.9 Å². The molecule has 0 aromatic carbocycles. The third-order valence-electron chi connectivity index (χ3n) is 2.23. The highest BCUT2D eigenvalue weighted by Gasteiger charge is 2.04. The molecule has 0 fully saturated rings. The maximum absolute atomic E-state index is 5.66. The molecule has 2 aromatic heterocycles. The van der Waals surface area contributed by atoms with E-state index in [1.165, 1.54) is 0 Å². The summed E-state index contributed by atoms with van der Waals surface area (Å²) in [7, 11) is 0. The van der Waals surface area contributed by atoms with E-state index in [9.17, 15) is 0 Å². The van der Waals surface area contributed by atoms with E-state index in [0.29, 0.717) is 23.0 Å². The number of hydrogen-bond acceptors (Lipinski definition) is 6. The second-order valence-electron chi connectivity index (χ2n) is 3.40. The van der Waals surface area contributed by atoms with E-state index < -0.39 is 0 Å². The van der Waals surface area contributed by atoms with Crippen molar-refractivity contribution in [2.45, 2.75) is 0 Å². The summed E-state index contributed by atoms with van der Waals surface area (Å²) in [6.07, 6.45) is 3.22. The van der Waals surface area contributed by atoms with Crippen molar-refractivity contribution in [1.29, 1.82) is 0 Å². The third-order valence-corrected chi connectivity index (χ3v) is 2.23. The van der Waals surface area contributed by atoms with Gasteiger partial charge in [-0.05, 0) is 12.1 Å². The lowest BCUT2D eigenvalue weighted by atomic mass is 10.1. The maximum Gasteiger partial charge on any atom is 0.146 e. The van der Waals surface area contributed by atoms with Gasteiger partial charge >= 0.3 is 0 Å². The highest BCUT2D eigenvalue weighted by atomic mass is 14.9. The Morgan fingerprint density at radius 1 is 0.688 bits per heavy atom. The number of rotatable bonds is 1. The first-order valence-electron chi connectivity index (χ1n) is 4.60. The Kier molecular flexibility index (Phi) is 2.24. The van der Waals surface area contributed by atoms with Crippen LogP contribution in [-0.2, 0) is 0 Å². The summed E-state index contributed by atoms with van der Waals surface area (Å²) in [6.45, 7) is 0. The van der Waals surface area contributed by atoms with Crippen LogP contribution in [0.15, 0.2) is 24.5 Å². The first kappa shape index (κ1) is 10.0. The summed E-state index contributed by atoms with van der Waals surface area (Å²) < 4.78 is 0. The molecule has 0 saturated heterocycles. The van der Waals surface area contributed by atoms with Crippen molar-refractivity contribution >= 4 is 23.0 Å². The van der Waals surface area contributed by atoms with E-state index in [1.54, 1.807) is 24.5 Å². The number of aromatic nitrogens is 2. The second kappa shape index (κ2) is 3.58. The van der Waals surface area contributed by atoms with Gasteiger partial charge in [0.2, 0.25) is 0 Å². The predicted molar refractivity (Wildman–Crippen MR) is 65.1 cm³/mol. The van der Waals surface area contributed by atoms with Crippen molar-refractivity contribution in [2.24, 2.45) is 0 Å². The van der Waals surface area contributed by atoms with Gasteiger partial charge in [-0.2, -0.15) is 0 Å². The molecule has 8 N–H and O–H groups in total. The molecule has 0 unspecified atom stereocenters. The lowest BCUT2D eigenvalue weighted by Crippen LogP contribution is -2.00. The fraction of sp³-hybridized carbons (Fsp3) is 0. The minimum absolute atomic E-state index is 0.306. The minimum Gasteiger partial charge on any atom is -0.396 e. The zero-order chi connectivity index (χ0) is 11.7. The molecular formula is C10H12N6. The van der Waals surface area contributed by atoms with E-state index in [2.05, 4.69) is 9.97 Å². The smallest absolute Gasteiger partial charge is 0.146 e. The van der Waals surface area contributed by atoms with Crippen molar-refractivity contribution in [1.82, 2.24) is 9.97 Å². The standard InChI is InChI=1S/C10H12N6/c11-7-1-5(3-15-9(7)13)6-2-8(12)10(14)16-4-6/h1-4H,11-12H2,(H2,13,15)(H2,14,16). The predicted octanol–water partition coefficient (Wildman–Crippen LogP) is 0.472. The van der Waals surface area contributed by atoms with E-state index in [4.69, 9.17) is 22.9 Å². The van der Waals surface area contributed by atoms with Gasteiger partial charge in [-0.3, -0.25) is 0 Å². The van der Waals surface area contributed by atoms with E-state index in [0.717, 1.165) is 11.1 Å². The van der Waals surface area contributed by atoms with Gasteiger partial charge in [-0.15, -0.1) is 0 Å². The number of anilines is 4. The van der Waals surface area contributed by atoms with E-state index in [1.807, 2.05) is 0 Å². The largest absolute Gasteiger partial charge is 0.396 e. The molecular weight excluding hydrogens is 204 g/mol. The fourth-order valence-electron chi connectivity index (χ4n) is 1.30. The molecule has 0 bridgehead atoms. The van der Waals surface area contributed by atoms with Crippen molar-refractivity contribution in [3.05, 3.63) is 24.5 Å². The molecule has 82 valence electrons. The van der Waals surface area contributed by atoms with Crippen molar-refractivity contribution in [2.75, 3.05) is 22.9 Å². The highest BCUT2D eigenvalue weighted by Crippen LogP contribution is 2.25. The van der Waals surface area contributed by atoms with Gasteiger partial charge < -0.3 is 22.9 Å². The SMILES string of the molecule is Nc1cc(-c2cnc(N)c(N)c2)cnc1N. The summed E-state index contributed by atoms with van der Waals surface area (Å²) in [5.74, 6) is 0.611. The lowest BCUT2D eigenvalue weighted by molar-refractivity contribution is 1.31. The van der Waals surface area contributed by atoms with Gasteiger partial charge in [0.25, 0.3) is 0 Å². The van der Waals surface area contributed by atoms with Gasteiger partial charge in [0.05, 0.1) is 11.4 Å². The molecule has 0 aliphatic rings. The van der Waals surface area contributed by atoms with Crippen LogP contribution >= 0.6 is 0 Å². The van der Waals surface area contributed by atoms with Crippen LogP contribution in [0.1, 0.15) is 0 Å². The Hall–Kier alpha value is -2.50. The first-order valence-corrected chi connectivity index (χ1v) is 4.60. The molecule has 0 spiro atoms. The summed E-state index contributed by atoms with van der Waals surface area (Å²) in [6, 6.07) is 3.43.